The molecule has 0 aliphatic carbocycles. The summed E-state index contributed by atoms with van der Waals surface area (Å²) in [7, 11) is 1.60. The minimum absolute atomic E-state index is 0.0205. The van der Waals surface area contributed by atoms with Crippen LogP contribution >= 0.6 is 0 Å². The second-order valence-electron chi connectivity index (χ2n) is 6.94. The van der Waals surface area contributed by atoms with E-state index in [0.29, 0.717) is 19.4 Å². The fourth-order valence-electron chi connectivity index (χ4n) is 3.47. The Bertz CT molecular complexity index is 948. The third-order valence-corrected chi connectivity index (χ3v) is 5.10. The summed E-state index contributed by atoms with van der Waals surface area (Å²) in [4.78, 5) is 26.9. The number of rotatable bonds is 7. The predicted molar refractivity (Wildman–Crippen MR) is 113 cm³/mol. The van der Waals surface area contributed by atoms with Gasteiger partial charge in [0.25, 0.3) is 0 Å². The van der Waals surface area contributed by atoms with Gasteiger partial charge in [0.2, 0.25) is 11.8 Å². The molecule has 1 atom stereocenters. The summed E-state index contributed by atoms with van der Waals surface area (Å²) in [5, 5.41) is 5.00. The van der Waals surface area contributed by atoms with Crippen LogP contribution in [0.5, 0.6) is 0 Å². The number of likely N-dealkylation sites (N-methyl/N-ethyl adjacent to an activating group) is 1. The van der Waals surface area contributed by atoms with Gasteiger partial charge in [-0.05, 0) is 35.2 Å². The highest BCUT2D eigenvalue weighted by atomic mass is 16.2. The number of aryl methyl sites for hydroxylation is 1. The number of hydrogen-bond donors (Lipinski definition) is 1. The first-order valence-corrected chi connectivity index (χ1v) is 9.62. The zero-order chi connectivity index (χ0) is 19.9. The Morgan fingerprint density at radius 1 is 0.929 bits per heavy atom. The Balaban J connectivity index is 1.77. The molecule has 2 amide bonds. The fourth-order valence-corrected chi connectivity index (χ4v) is 3.47. The molecule has 1 unspecified atom stereocenters. The van der Waals surface area contributed by atoms with Crippen LogP contribution in [-0.4, -0.2) is 29.8 Å². The van der Waals surface area contributed by atoms with Crippen molar-refractivity contribution in [2.45, 2.75) is 32.4 Å². The summed E-state index contributed by atoms with van der Waals surface area (Å²) in [6.07, 6.45) is 1.01. The monoisotopic (exact) mass is 374 g/mol. The molecule has 0 spiro atoms. The van der Waals surface area contributed by atoms with Crippen LogP contribution in [0.2, 0.25) is 0 Å². The number of carbonyl (C=O) groups excluding carboxylic acids is 2. The van der Waals surface area contributed by atoms with Gasteiger partial charge in [-0.1, -0.05) is 72.8 Å². The highest BCUT2D eigenvalue weighted by Gasteiger charge is 2.25. The normalized spacial score (nSPS) is 11.8. The average Bonchev–Trinajstić information content (AvgIpc) is 2.75. The van der Waals surface area contributed by atoms with Crippen molar-refractivity contribution in [3.63, 3.8) is 0 Å². The molecule has 3 aromatic carbocycles. The summed E-state index contributed by atoms with van der Waals surface area (Å²) < 4.78 is 0. The Morgan fingerprint density at radius 3 is 2.36 bits per heavy atom. The minimum atomic E-state index is -0.523. The summed E-state index contributed by atoms with van der Waals surface area (Å²) in [5.74, 6) is -0.178. The quantitative estimate of drug-likeness (QED) is 0.681. The molecule has 28 heavy (non-hydrogen) atoms. The highest BCUT2D eigenvalue weighted by molar-refractivity contribution is 5.88. The van der Waals surface area contributed by atoms with Gasteiger partial charge in [-0.2, -0.15) is 0 Å². The highest BCUT2D eigenvalue weighted by Crippen LogP contribution is 2.20. The molecule has 0 heterocycles. The van der Waals surface area contributed by atoms with Crippen molar-refractivity contribution in [2.75, 3.05) is 7.05 Å². The standard InChI is InChI=1S/C24H26N2O2/c1-18(24(28)25-2)26(17-19-9-4-3-5-10-19)23(27)16-15-21-13-8-12-20-11-6-7-14-22(20)21/h3-14,18H,15-17H2,1-2H3,(H,25,28). The van der Waals surface area contributed by atoms with Gasteiger partial charge in [-0.3, -0.25) is 9.59 Å². The van der Waals surface area contributed by atoms with Gasteiger partial charge in [-0.15, -0.1) is 0 Å². The Hall–Kier alpha value is -3.14. The van der Waals surface area contributed by atoms with Gasteiger partial charge in [0.1, 0.15) is 6.04 Å². The average molecular weight is 374 g/mol. The van der Waals surface area contributed by atoms with E-state index in [9.17, 15) is 9.59 Å². The molecule has 0 radical (unpaired) electrons. The molecular weight excluding hydrogens is 348 g/mol. The predicted octanol–water partition coefficient (Wildman–Crippen LogP) is 3.94. The third kappa shape index (κ3) is 4.58. The van der Waals surface area contributed by atoms with Crippen LogP contribution in [0, 0.1) is 0 Å². The Morgan fingerprint density at radius 2 is 1.61 bits per heavy atom. The molecule has 4 heteroatoms. The number of amides is 2. The molecule has 0 bridgehead atoms. The topological polar surface area (TPSA) is 49.4 Å². The van der Waals surface area contributed by atoms with Crippen molar-refractivity contribution >= 4 is 22.6 Å². The van der Waals surface area contributed by atoms with Gasteiger partial charge in [0.05, 0.1) is 0 Å². The maximum atomic E-state index is 13.1. The van der Waals surface area contributed by atoms with Gasteiger partial charge >= 0.3 is 0 Å². The van der Waals surface area contributed by atoms with E-state index in [1.165, 1.54) is 10.8 Å². The largest absolute Gasteiger partial charge is 0.357 e. The Kier molecular flexibility index (Phi) is 6.43. The van der Waals surface area contributed by atoms with Crippen LogP contribution in [0.4, 0.5) is 0 Å². The molecule has 0 saturated carbocycles. The van der Waals surface area contributed by atoms with Crippen LogP contribution < -0.4 is 5.32 Å². The molecule has 1 N–H and O–H groups in total. The van der Waals surface area contributed by atoms with Crippen molar-refractivity contribution < 1.29 is 9.59 Å². The lowest BCUT2D eigenvalue weighted by Gasteiger charge is -2.28. The summed E-state index contributed by atoms with van der Waals surface area (Å²) in [5.41, 5.74) is 2.16. The lowest BCUT2D eigenvalue weighted by molar-refractivity contribution is -0.140. The molecule has 0 saturated heterocycles. The number of nitrogens with zero attached hydrogens (tertiary/aromatic N) is 1. The smallest absolute Gasteiger partial charge is 0.242 e. The number of nitrogens with one attached hydrogen (secondary N) is 1. The van der Waals surface area contributed by atoms with Gasteiger partial charge in [0.15, 0.2) is 0 Å². The van der Waals surface area contributed by atoms with Crippen LogP contribution in [-0.2, 0) is 22.6 Å². The first-order valence-electron chi connectivity index (χ1n) is 9.62. The lowest BCUT2D eigenvalue weighted by atomic mass is 10.0. The molecule has 3 aromatic rings. The first kappa shape index (κ1) is 19.6. The second kappa shape index (κ2) is 9.18. The molecule has 0 aromatic heterocycles. The van der Waals surface area contributed by atoms with E-state index < -0.39 is 6.04 Å². The molecule has 4 nitrogen and oxygen atoms in total. The fraction of sp³-hybridized carbons (Fsp3) is 0.250. The van der Waals surface area contributed by atoms with E-state index in [1.54, 1.807) is 18.9 Å². The third-order valence-electron chi connectivity index (χ3n) is 5.10. The summed E-state index contributed by atoms with van der Waals surface area (Å²) in [6, 6.07) is 23.6. The van der Waals surface area contributed by atoms with Crippen molar-refractivity contribution in [3.05, 3.63) is 83.9 Å². The maximum Gasteiger partial charge on any atom is 0.242 e. The van der Waals surface area contributed by atoms with Crippen LogP contribution in [0.25, 0.3) is 10.8 Å². The van der Waals surface area contributed by atoms with E-state index >= 15 is 0 Å². The van der Waals surface area contributed by atoms with Gasteiger partial charge < -0.3 is 10.2 Å². The Labute approximate surface area is 166 Å². The molecule has 0 aliphatic rings. The van der Waals surface area contributed by atoms with E-state index in [4.69, 9.17) is 0 Å². The van der Waals surface area contributed by atoms with Crippen LogP contribution in [0.1, 0.15) is 24.5 Å². The van der Waals surface area contributed by atoms with E-state index in [2.05, 4.69) is 29.6 Å². The second-order valence-corrected chi connectivity index (χ2v) is 6.94. The molecule has 0 fully saturated rings. The number of fused-ring (bicyclic) bond motifs is 1. The molecular formula is C24H26N2O2. The molecule has 0 aliphatic heterocycles. The van der Waals surface area contributed by atoms with E-state index in [0.717, 1.165) is 11.1 Å². The van der Waals surface area contributed by atoms with Crippen molar-refractivity contribution in [1.82, 2.24) is 10.2 Å². The SMILES string of the molecule is CNC(=O)C(C)N(Cc1ccccc1)C(=O)CCc1cccc2ccccc12. The zero-order valence-electron chi connectivity index (χ0n) is 16.4. The molecule has 144 valence electrons. The van der Waals surface area contributed by atoms with Crippen molar-refractivity contribution in [2.24, 2.45) is 0 Å². The van der Waals surface area contributed by atoms with E-state index in [-0.39, 0.29) is 11.8 Å². The number of hydrogen-bond acceptors (Lipinski definition) is 2. The maximum absolute atomic E-state index is 13.1. The van der Waals surface area contributed by atoms with Crippen molar-refractivity contribution in [1.29, 1.82) is 0 Å². The van der Waals surface area contributed by atoms with Gasteiger partial charge in [-0.25, -0.2) is 0 Å². The van der Waals surface area contributed by atoms with Crippen molar-refractivity contribution in [3.8, 4) is 0 Å². The van der Waals surface area contributed by atoms with Gasteiger partial charge in [0, 0.05) is 20.0 Å². The molecule has 3 rings (SSSR count). The number of benzene rings is 3. The van der Waals surface area contributed by atoms with Crippen LogP contribution in [0.15, 0.2) is 72.8 Å². The minimum Gasteiger partial charge on any atom is -0.357 e. The van der Waals surface area contributed by atoms with Crippen LogP contribution in [0.3, 0.4) is 0 Å². The summed E-state index contributed by atoms with van der Waals surface area (Å²) >= 11 is 0. The van der Waals surface area contributed by atoms with E-state index in [1.807, 2.05) is 48.5 Å². The summed E-state index contributed by atoms with van der Waals surface area (Å²) in [6.45, 7) is 2.20. The lowest BCUT2D eigenvalue weighted by Crippen LogP contribution is -2.46. The first-order chi connectivity index (χ1) is 13.6. The number of carbonyl (C=O) groups is 2. The zero-order valence-corrected chi connectivity index (χ0v) is 16.4.